The fraction of sp³-hybridized carbons (Fsp3) is 0.455. The molecule has 16 heavy (non-hydrogen) atoms. The summed E-state index contributed by atoms with van der Waals surface area (Å²) in [4.78, 5) is 12.5. The van der Waals surface area contributed by atoms with Crippen molar-refractivity contribution < 1.29 is 4.92 Å². The molecular formula is C11H17N3O2. The van der Waals surface area contributed by atoms with Gasteiger partial charge in [-0.2, -0.15) is 0 Å². The second-order valence-electron chi connectivity index (χ2n) is 3.69. The van der Waals surface area contributed by atoms with Crippen LogP contribution < -0.4 is 5.32 Å². The Labute approximate surface area is 95.2 Å². The maximum atomic E-state index is 10.7. The van der Waals surface area contributed by atoms with Crippen LogP contribution in [-0.4, -0.2) is 30.5 Å². The van der Waals surface area contributed by atoms with Gasteiger partial charge < -0.3 is 10.2 Å². The first-order chi connectivity index (χ1) is 7.58. The highest BCUT2D eigenvalue weighted by atomic mass is 16.6. The van der Waals surface area contributed by atoms with E-state index in [1.54, 1.807) is 19.2 Å². The predicted molar refractivity (Wildman–Crippen MR) is 64.7 cm³/mol. The minimum atomic E-state index is -0.376. The molecular weight excluding hydrogens is 206 g/mol. The maximum absolute atomic E-state index is 10.7. The van der Waals surface area contributed by atoms with Crippen molar-refractivity contribution in [3.63, 3.8) is 0 Å². The second kappa shape index (κ2) is 5.46. The first-order valence-electron chi connectivity index (χ1n) is 5.22. The lowest BCUT2D eigenvalue weighted by atomic mass is 10.1. The monoisotopic (exact) mass is 223 g/mol. The van der Waals surface area contributed by atoms with Gasteiger partial charge in [0.15, 0.2) is 0 Å². The topological polar surface area (TPSA) is 58.4 Å². The SMILES string of the molecule is CCN(C)Cc1ccc([N+](=O)[O-])c(NC)c1. The molecule has 0 aliphatic carbocycles. The summed E-state index contributed by atoms with van der Waals surface area (Å²) in [6, 6.07) is 5.17. The Kier molecular flexibility index (Phi) is 4.25. The molecule has 0 amide bonds. The number of nitrogens with zero attached hydrogens (tertiary/aromatic N) is 2. The van der Waals surface area contributed by atoms with Crippen molar-refractivity contribution in [3.8, 4) is 0 Å². The molecule has 0 heterocycles. The van der Waals surface area contributed by atoms with Gasteiger partial charge in [0.2, 0.25) is 0 Å². The molecule has 0 aliphatic heterocycles. The minimum Gasteiger partial charge on any atom is -0.383 e. The first kappa shape index (κ1) is 12.4. The third-order valence-electron chi connectivity index (χ3n) is 2.52. The largest absolute Gasteiger partial charge is 0.383 e. The van der Waals surface area contributed by atoms with E-state index in [-0.39, 0.29) is 10.6 Å². The van der Waals surface area contributed by atoms with Crippen LogP contribution in [0.5, 0.6) is 0 Å². The van der Waals surface area contributed by atoms with Crippen LogP contribution in [0.15, 0.2) is 18.2 Å². The summed E-state index contributed by atoms with van der Waals surface area (Å²) in [5.74, 6) is 0. The van der Waals surface area contributed by atoms with Crippen LogP contribution in [-0.2, 0) is 6.54 Å². The molecule has 1 aromatic rings. The van der Waals surface area contributed by atoms with E-state index < -0.39 is 0 Å². The molecule has 1 aromatic carbocycles. The number of benzene rings is 1. The van der Waals surface area contributed by atoms with Crippen molar-refractivity contribution in [1.29, 1.82) is 0 Å². The Morgan fingerprint density at radius 3 is 2.69 bits per heavy atom. The van der Waals surface area contributed by atoms with Gasteiger partial charge in [0.05, 0.1) is 4.92 Å². The lowest BCUT2D eigenvalue weighted by molar-refractivity contribution is -0.384. The van der Waals surface area contributed by atoms with Crippen LogP contribution in [0.2, 0.25) is 0 Å². The van der Waals surface area contributed by atoms with E-state index in [0.29, 0.717) is 5.69 Å². The normalized spacial score (nSPS) is 10.5. The van der Waals surface area contributed by atoms with Crippen molar-refractivity contribution >= 4 is 11.4 Å². The molecule has 0 radical (unpaired) electrons. The average molecular weight is 223 g/mol. The Morgan fingerprint density at radius 2 is 2.19 bits per heavy atom. The molecule has 0 spiro atoms. The quantitative estimate of drug-likeness (QED) is 0.613. The molecule has 5 heteroatoms. The average Bonchev–Trinajstić information content (AvgIpc) is 2.28. The van der Waals surface area contributed by atoms with Crippen LogP contribution in [0, 0.1) is 10.1 Å². The zero-order valence-electron chi connectivity index (χ0n) is 9.86. The van der Waals surface area contributed by atoms with Crippen molar-refractivity contribution in [2.24, 2.45) is 0 Å². The molecule has 0 unspecified atom stereocenters. The smallest absolute Gasteiger partial charge is 0.292 e. The highest BCUT2D eigenvalue weighted by Gasteiger charge is 2.12. The number of nitro benzene ring substituents is 1. The van der Waals surface area contributed by atoms with E-state index >= 15 is 0 Å². The van der Waals surface area contributed by atoms with Crippen molar-refractivity contribution in [2.45, 2.75) is 13.5 Å². The lowest BCUT2D eigenvalue weighted by Crippen LogP contribution is -2.16. The third kappa shape index (κ3) is 2.93. The summed E-state index contributed by atoms with van der Waals surface area (Å²) < 4.78 is 0. The number of nitro groups is 1. The zero-order chi connectivity index (χ0) is 12.1. The number of hydrogen-bond donors (Lipinski definition) is 1. The second-order valence-corrected chi connectivity index (χ2v) is 3.69. The van der Waals surface area contributed by atoms with Crippen molar-refractivity contribution in [3.05, 3.63) is 33.9 Å². The highest BCUT2D eigenvalue weighted by molar-refractivity contribution is 5.62. The van der Waals surface area contributed by atoms with Gasteiger partial charge >= 0.3 is 0 Å². The Morgan fingerprint density at radius 1 is 1.50 bits per heavy atom. The fourth-order valence-corrected chi connectivity index (χ4v) is 1.46. The van der Waals surface area contributed by atoms with Crippen LogP contribution in [0.25, 0.3) is 0 Å². The predicted octanol–water partition coefficient (Wildman–Crippen LogP) is 2.09. The van der Waals surface area contributed by atoms with E-state index in [0.717, 1.165) is 18.7 Å². The molecule has 0 saturated carbocycles. The lowest BCUT2D eigenvalue weighted by Gasteiger charge is -2.14. The molecule has 0 saturated heterocycles. The van der Waals surface area contributed by atoms with Crippen LogP contribution >= 0.6 is 0 Å². The van der Waals surface area contributed by atoms with E-state index in [4.69, 9.17) is 0 Å². The molecule has 5 nitrogen and oxygen atoms in total. The first-order valence-corrected chi connectivity index (χ1v) is 5.22. The Bertz CT molecular complexity index is 379. The van der Waals surface area contributed by atoms with Gasteiger partial charge in [0.1, 0.15) is 5.69 Å². The fourth-order valence-electron chi connectivity index (χ4n) is 1.46. The van der Waals surface area contributed by atoms with Gasteiger partial charge in [-0.25, -0.2) is 0 Å². The van der Waals surface area contributed by atoms with Crippen LogP contribution in [0.3, 0.4) is 0 Å². The standard InChI is InChI=1S/C11H17N3O2/c1-4-13(3)8-9-5-6-11(14(15)16)10(7-9)12-2/h5-7,12H,4,8H2,1-3H3. The van der Waals surface area contributed by atoms with E-state index in [1.165, 1.54) is 0 Å². The van der Waals surface area contributed by atoms with Gasteiger partial charge in [0.25, 0.3) is 5.69 Å². The summed E-state index contributed by atoms with van der Waals surface area (Å²) in [5.41, 5.74) is 1.75. The number of rotatable bonds is 5. The van der Waals surface area contributed by atoms with Gasteiger partial charge in [-0.1, -0.05) is 13.0 Å². The van der Waals surface area contributed by atoms with Gasteiger partial charge in [-0.3, -0.25) is 10.1 Å². The summed E-state index contributed by atoms with van der Waals surface area (Å²) in [7, 11) is 3.70. The molecule has 0 aromatic heterocycles. The molecule has 0 fully saturated rings. The summed E-state index contributed by atoms with van der Waals surface area (Å²) in [6.07, 6.45) is 0. The number of nitrogens with one attached hydrogen (secondary N) is 1. The van der Waals surface area contributed by atoms with E-state index in [9.17, 15) is 10.1 Å². The molecule has 88 valence electrons. The summed E-state index contributed by atoms with van der Waals surface area (Å²) in [6.45, 7) is 3.82. The molecule has 0 bridgehead atoms. The Hall–Kier alpha value is -1.62. The summed E-state index contributed by atoms with van der Waals surface area (Å²) in [5, 5.41) is 13.6. The van der Waals surface area contributed by atoms with E-state index in [1.807, 2.05) is 13.1 Å². The molecule has 1 N–H and O–H groups in total. The van der Waals surface area contributed by atoms with Gasteiger partial charge in [0, 0.05) is 19.7 Å². The number of anilines is 1. The number of hydrogen-bond acceptors (Lipinski definition) is 4. The van der Waals surface area contributed by atoms with Gasteiger partial charge in [-0.05, 0) is 25.2 Å². The Balaban J connectivity index is 2.95. The minimum absolute atomic E-state index is 0.116. The maximum Gasteiger partial charge on any atom is 0.292 e. The van der Waals surface area contributed by atoms with Crippen molar-refractivity contribution in [2.75, 3.05) is 26.0 Å². The van der Waals surface area contributed by atoms with E-state index in [2.05, 4.69) is 17.1 Å². The highest BCUT2D eigenvalue weighted by Crippen LogP contribution is 2.25. The zero-order valence-corrected chi connectivity index (χ0v) is 9.86. The molecule has 0 atom stereocenters. The summed E-state index contributed by atoms with van der Waals surface area (Å²) >= 11 is 0. The molecule has 1 rings (SSSR count). The van der Waals surface area contributed by atoms with Crippen LogP contribution in [0.4, 0.5) is 11.4 Å². The van der Waals surface area contributed by atoms with Crippen LogP contribution in [0.1, 0.15) is 12.5 Å². The third-order valence-corrected chi connectivity index (χ3v) is 2.52. The van der Waals surface area contributed by atoms with Crippen molar-refractivity contribution in [1.82, 2.24) is 4.90 Å². The van der Waals surface area contributed by atoms with Gasteiger partial charge in [-0.15, -0.1) is 0 Å². The molecule has 0 aliphatic rings.